The van der Waals surface area contributed by atoms with E-state index in [1.54, 1.807) is 0 Å². The average molecular weight is 182 g/mol. The maximum atomic E-state index is 2.44. The van der Waals surface area contributed by atoms with Gasteiger partial charge in [-0.2, -0.15) is 0 Å². The minimum absolute atomic E-state index is 0.918. The Balaban J connectivity index is 2.13. The van der Waals surface area contributed by atoms with Gasteiger partial charge in [0.15, 0.2) is 0 Å². The van der Waals surface area contributed by atoms with Crippen molar-refractivity contribution in [2.75, 3.05) is 0 Å². The second-order valence-electron chi connectivity index (χ2n) is 5.38. The van der Waals surface area contributed by atoms with E-state index in [-0.39, 0.29) is 0 Å². The minimum atomic E-state index is 0.918. The Labute approximate surface area is 84.1 Å². The quantitative estimate of drug-likeness (QED) is 0.567. The first-order chi connectivity index (χ1) is 6.13. The highest BCUT2D eigenvalue weighted by Crippen LogP contribution is 2.37. The molecule has 0 aromatic carbocycles. The van der Waals surface area contributed by atoms with E-state index in [9.17, 15) is 0 Å². The normalized spacial score (nSPS) is 24.0. The van der Waals surface area contributed by atoms with Crippen LogP contribution in [0.25, 0.3) is 0 Å². The summed E-state index contributed by atoms with van der Waals surface area (Å²) in [6.45, 7) is 9.58. The maximum Gasteiger partial charge on any atom is -0.0412 e. The molecule has 0 aromatic rings. The topological polar surface area (TPSA) is 0 Å². The van der Waals surface area contributed by atoms with E-state index in [1.807, 2.05) is 0 Å². The molecule has 0 aliphatic heterocycles. The van der Waals surface area contributed by atoms with Crippen LogP contribution >= 0.6 is 0 Å². The molecule has 3 unspecified atom stereocenters. The minimum Gasteiger partial charge on any atom is -0.0651 e. The Morgan fingerprint density at radius 3 is 2.15 bits per heavy atom. The zero-order valence-electron chi connectivity index (χ0n) is 9.84. The third kappa shape index (κ3) is 4.15. The van der Waals surface area contributed by atoms with Crippen LogP contribution in [-0.4, -0.2) is 0 Å². The Hall–Kier alpha value is 0. The van der Waals surface area contributed by atoms with Gasteiger partial charge in [-0.1, -0.05) is 47.0 Å². The summed E-state index contributed by atoms with van der Waals surface area (Å²) in [5, 5.41) is 0. The molecule has 0 nitrogen and oxygen atoms in total. The van der Waals surface area contributed by atoms with Crippen molar-refractivity contribution >= 4 is 0 Å². The van der Waals surface area contributed by atoms with Crippen molar-refractivity contribution in [1.29, 1.82) is 0 Å². The van der Waals surface area contributed by atoms with Crippen LogP contribution in [0.1, 0.15) is 59.8 Å². The second-order valence-corrected chi connectivity index (χ2v) is 5.38. The molecule has 1 aliphatic carbocycles. The molecule has 0 amide bonds. The van der Waals surface area contributed by atoms with E-state index in [0.717, 1.165) is 23.7 Å². The molecule has 0 radical (unpaired) electrons. The fraction of sp³-hybridized carbons (Fsp3) is 1.00. The first-order valence-corrected chi connectivity index (χ1v) is 6.13. The van der Waals surface area contributed by atoms with Crippen LogP contribution in [0.15, 0.2) is 0 Å². The number of rotatable bonds is 6. The molecule has 0 bridgehead atoms. The molecule has 0 spiro atoms. The summed E-state index contributed by atoms with van der Waals surface area (Å²) in [5.41, 5.74) is 0. The lowest BCUT2D eigenvalue weighted by Gasteiger charge is -2.22. The maximum absolute atomic E-state index is 2.44. The fourth-order valence-corrected chi connectivity index (χ4v) is 2.29. The summed E-state index contributed by atoms with van der Waals surface area (Å²) in [6, 6.07) is 0. The monoisotopic (exact) mass is 182 g/mol. The number of hydrogen-bond donors (Lipinski definition) is 0. The standard InChI is InChI=1S/C13H26/c1-5-11(3)12(4)8-10(2)9-13-6-7-13/h10-13H,5-9H2,1-4H3. The van der Waals surface area contributed by atoms with Crippen molar-refractivity contribution in [1.82, 2.24) is 0 Å². The van der Waals surface area contributed by atoms with Gasteiger partial charge in [-0.25, -0.2) is 0 Å². The molecular weight excluding hydrogens is 156 g/mol. The van der Waals surface area contributed by atoms with E-state index < -0.39 is 0 Å². The summed E-state index contributed by atoms with van der Waals surface area (Å²) in [5.74, 6) is 3.93. The van der Waals surface area contributed by atoms with Crippen molar-refractivity contribution in [2.24, 2.45) is 23.7 Å². The predicted octanol–water partition coefficient (Wildman–Crippen LogP) is 4.49. The summed E-state index contributed by atoms with van der Waals surface area (Å²) in [6.07, 6.45) is 7.33. The average Bonchev–Trinajstić information content (AvgIpc) is 2.86. The van der Waals surface area contributed by atoms with Gasteiger partial charge in [0.2, 0.25) is 0 Å². The van der Waals surface area contributed by atoms with Crippen molar-refractivity contribution in [3.8, 4) is 0 Å². The predicted molar refractivity (Wildman–Crippen MR) is 59.7 cm³/mol. The second kappa shape index (κ2) is 5.02. The SMILES string of the molecule is CCC(C)C(C)CC(C)CC1CC1. The molecule has 1 saturated carbocycles. The van der Waals surface area contributed by atoms with Crippen LogP contribution in [0.3, 0.4) is 0 Å². The molecule has 0 heterocycles. The lowest BCUT2D eigenvalue weighted by atomic mass is 9.84. The summed E-state index contributed by atoms with van der Waals surface area (Å²) < 4.78 is 0. The largest absolute Gasteiger partial charge is 0.0651 e. The molecule has 1 aliphatic rings. The van der Waals surface area contributed by atoms with Crippen molar-refractivity contribution in [3.63, 3.8) is 0 Å². The molecular formula is C13H26. The summed E-state index contributed by atoms with van der Waals surface area (Å²) in [4.78, 5) is 0. The third-order valence-corrected chi connectivity index (χ3v) is 3.82. The van der Waals surface area contributed by atoms with Gasteiger partial charge in [0.05, 0.1) is 0 Å². The van der Waals surface area contributed by atoms with Gasteiger partial charge in [0.25, 0.3) is 0 Å². The molecule has 1 fully saturated rings. The lowest BCUT2D eigenvalue weighted by Crippen LogP contribution is -2.11. The van der Waals surface area contributed by atoms with Gasteiger partial charge < -0.3 is 0 Å². The first-order valence-electron chi connectivity index (χ1n) is 6.13. The van der Waals surface area contributed by atoms with Gasteiger partial charge in [-0.05, 0) is 36.5 Å². The summed E-state index contributed by atoms with van der Waals surface area (Å²) >= 11 is 0. The van der Waals surface area contributed by atoms with Crippen LogP contribution in [0, 0.1) is 23.7 Å². The van der Waals surface area contributed by atoms with Crippen molar-refractivity contribution in [3.05, 3.63) is 0 Å². The lowest BCUT2D eigenvalue weighted by molar-refractivity contribution is 0.293. The molecule has 3 atom stereocenters. The van der Waals surface area contributed by atoms with E-state index >= 15 is 0 Å². The Bertz CT molecular complexity index is 135. The fourth-order valence-electron chi connectivity index (χ4n) is 2.29. The van der Waals surface area contributed by atoms with Gasteiger partial charge in [0.1, 0.15) is 0 Å². The highest BCUT2D eigenvalue weighted by Gasteiger charge is 2.24. The molecule has 13 heavy (non-hydrogen) atoms. The van der Waals surface area contributed by atoms with Gasteiger partial charge in [0, 0.05) is 0 Å². The van der Waals surface area contributed by atoms with Crippen LogP contribution in [-0.2, 0) is 0 Å². The first kappa shape index (κ1) is 11.1. The molecule has 0 aromatic heterocycles. The van der Waals surface area contributed by atoms with Crippen LogP contribution in [0.4, 0.5) is 0 Å². The van der Waals surface area contributed by atoms with Crippen LogP contribution in [0.2, 0.25) is 0 Å². The van der Waals surface area contributed by atoms with Gasteiger partial charge in [-0.3, -0.25) is 0 Å². The smallest absolute Gasteiger partial charge is 0.0412 e. The molecule has 0 heteroatoms. The molecule has 0 saturated heterocycles. The Morgan fingerprint density at radius 1 is 1.08 bits per heavy atom. The third-order valence-electron chi connectivity index (χ3n) is 3.82. The van der Waals surface area contributed by atoms with E-state index in [2.05, 4.69) is 27.7 Å². The van der Waals surface area contributed by atoms with Crippen molar-refractivity contribution in [2.45, 2.75) is 59.8 Å². The molecule has 1 rings (SSSR count). The highest BCUT2D eigenvalue weighted by molar-refractivity contribution is 4.76. The van der Waals surface area contributed by atoms with E-state index in [4.69, 9.17) is 0 Å². The zero-order chi connectivity index (χ0) is 9.84. The summed E-state index contributed by atoms with van der Waals surface area (Å²) in [7, 11) is 0. The van der Waals surface area contributed by atoms with Crippen LogP contribution in [0.5, 0.6) is 0 Å². The number of hydrogen-bond acceptors (Lipinski definition) is 0. The van der Waals surface area contributed by atoms with Gasteiger partial charge in [-0.15, -0.1) is 0 Å². The molecule has 0 N–H and O–H groups in total. The van der Waals surface area contributed by atoms with E-state index in [0.29, 0.717) is 0 Å². The van der Waals surface area contributed by atoms with Crippen molar-refractivity contribution < 1.29 is 0 Å². The zero-order valence-corrected chi connectivity index (χ0v) is 9.84. The van der Waals surface area contributed by atoms with Crippen LogP contribution < -0.4 is 0 Å². The highest BCUT2D eigenvalue weighted by atomic mass is 14.3. The Kier molecular flexibility index (Phi) is 4.28. The Morgan fingerprint density at radius 2 is 1.69 bits per heavy atom. The molecule has 78 valence electrons. The van der Waals surface area contributed by atoms with E-state index in [1.165, 1.54) is 32.1 Å². The van der Waals surface area contributed by atoms with Gasteiger partial charge >= 0.3 is 0 Å².